The molecule has 1 N–H and O–H groups in total. The molecule has 0 bridgehead atoms. The number of phenols is 1. The Hall–Kier alpha value is -0.111. The van der Waals surface area contributed by atoms with E-state index in [1.807, 2.05) is 18.2 Å². The van der Waals surface area contributed by atoms with E-state index < -0.39 is 0 Å². The summed E-state index contributed by atoms with van der Waals surface area (Å²) in [6.07, 6.45) is 10.3. The number of rotatable bonds is 8. The minimum absolute atomic E-state index is 0. The zero-order valence-corrected chi connectivity index (χ0v) is 13.2. The van der Waals surface area contributed by atoms with E-state index in [2.05, 4.69) is 6.92 Å². The summed E-state index contributed by atoms with van der Waals surface area (Å²) in [4.78, 5) is 0. The van der Waals surface area contributed by atoms with Crippen LogP contribution in [-0.2, 0) is 23.5 Å². The molecule has 0 aliphatic heterocycles. The van der Waals surface area contributed by atoms with E-state index in [1.54, 1.807) is 6.07 Å². The number of benzene rings is 1. The van der Waals surface area contributed by atoms with E-state index in [-0.39, 0.29) is 30.6 Å². The predicted octanol–water partition coefficient (Wildman–Crippen LogP) is 4.80. The van der Waals surface area contributed by atoms with Gasteiger partial charge in [0.2, 0.25) is 0 Å². The first-order chi connectivity index (χ1) is 7.84. The van der Waals surface area contributed by atoms with Gasteiger partial charge in [0.25, 0.3) is 0 Å². The molecular formula is C15H26CuOS. The smallest absolute Gasteiger partial charge is 0.118 e. The molecule has 0 atom stereocenters. The van der Waals surface area contributed by atoms with Crippen LogP contribution in [0.5, 0.6) is 5.75 Å². The molecule has 0 unspecified atom stereocenters. The van der Waals surface area contributed by atoms with Gasteiger partial charge in [0, 0.05) is 17.1 Å². The van der Waals surface area contributed by atoms with E-state index in [0.29, 0.717) is 5.75 Å². The van der Waals surface area contributed by atoms with E-state index in [9.17, 15) is 5.11 Å². The maximum absolute atomic E-state index is 9.58. The van der Waals surface area contributed by atoms with Gasteiger partial charge in [0.15, 0.2) is 0 Å². The SMILES string of the molecule is CCCCCCCCCc1ccccc1O.S.[Cu]. The number of unbranched alkanes of at least 4 members (excludes halogenated alkanes) is 6. The third kappa shape index (κ3) is 8.90. The summed E-state index contributed by atoms with van der Waals surface area (Å²) < 4.78 is 0. The van der Waals surface area contributed by atoms with Crippen LogP contribution in [-0.4, -0.2) is 5.11 Å². The van der Waals surface area contributed by atoms with Crippen molar-refractivity contribution in [1.29, 1.82) is 0 Å². The number of hydrogen-bond donors (Lipinski definition) is 1. The second-order valence-corrected chi connectivity index (χ2v) is 4.50. The van der Waals surface area contributed by atoms with E-state index in [4.69, 9.17) is 0 Å². The van der Waals surface area contributed by atoms with Crippen LogP contribution in [0.3, 0.4) is 0 Å². The van der Waals surface area contributed by atoms with Crippen molar-refractivity contribution in [2.24, 2.45) is 0 Å². The van der Waals surface area contributed by atoms with Crippen molar-refractivity contribution in [3.8, 4) is 5.75 Å². The summed E-state index contributed by atoms with van der Waals surface area (Å²) >= 11 is 0. The molecule has 0 aliphatic rings. The Bertz CT molecular complexity index is 292. The van der Waals surface area contributed by atoms with Gasteiger partial charge in [0.05, 0.1) is 0 Å². The zero-order chi connectivity index (χ0) is 11.6. The second-order valence-electron chi connectivity index (χ2n) is 4.50. The Balaban J connectivity index is 0. The van der Waals surface area contributed by atoms with E-state index in [0.717, 1.165) is 12.0 Å². The van der Waals surface area contributed by atoms with Crippen LogP contribution in [0.4, 0.5) is 0 Å². The van der Waals surface area contributed by atoms with Gasteiger partial charge in [-0.15, -0.1) is 0 Å². The topological polar surface area (TPSA) is 20.2 Å². The van der Waals surface area contributed by atoms with Gasteiger partial charge in [0.1, 0.15) is 5.75 Å². The van der Waals surface area contributed by atoms with Crippen molar-refractivity contribution in [3.63, 3.8) is 0 Å². The maximum Gasteiger partial charge on any atom is 0.118 e. The summed E-state index contributed by atoms with van der Waals surface area (Å²) in [5, 5.41) is 9.58. The quantitative estimate of drug-likeness (QED) is 0.539. The summed E-state index contributed by atoms with van der Waals surface area (Å²) in [6.45, 7) is 2.25. The first-order valence-electron chi connectivity index (χ1n) is 6.61. The molecule has 0 saturated carbocycles. The van der Waals surface area contributed by atoms with Crippen LogP contribution in [0.2, 0.25) is 0 Å². The fourth-order valence-corrected chi connectivity index (χ4v) is 1.99. The van der Waals surface area contributed by atoms with Crippen LogP contribution in [0.1, 0.15) is 57.4 Å². The van der Waals surface area contributed by atoms with Gasteiger partial charge in [-0.05, 0) is 24.5 Å². The molecule has 0 fully saturated rings. The van der Waals surface area contributed by atoms with E-state index in [1.165, 1.54) is 44.9 Å². The largest absolute Gasteiger partial charge is 0.508 e. The number of aromatic hydroxyl groups is 1. The first-order valence-corrected chi connectivity index (χ1v) is 6.61. The molecule has 1 aromatic carbocycles. The van der Waals surface area contributed by atoms with Crippen molar-refractivity contribution in [1.82, 2.24) is 0 Å². The summed E-state index contributed by atoms with van der Waals surface area (Å²) in [5.41, 5.74) is 1.09. The van der Waals surface area contributed by atoms with Crippen LogP contribution in [0.25, 0.3) is 0 Å². The summed E-state index contributed by atoms with van der Waals surface area (Å²) in [7, 11) is 0. The molecular weight excluding hydrogens is 292 g/mol. The molecule has 3 heteroatoms. The summed E-state index contributed by atoms with van der Waals surface area (Å²) in [6, 6.07) is 7.67. The third-order valence-electron chi connectivity index (χ3n) is 3.04. The van der Waals surface area contributed by atoms with Gasteiger partial charge in [-0.2, -0.15) is 13.5 Å². The van der Waals surface area contributed by atoms with Crippen molar-refractivity contribution in [3.05, 3.63) is 29.8 Å². The average molecular weight is 318 g/mol. The number of hydrogen-bond acceptors (Lipinski definition) is 1. The van der Waals surface area contributed by atoms with Crippen LogP contribution >= 0.6 is 13.5 Å². The molecule has 1 radical (unpaired) electrons. The minimum Gasteiger partial charge on any atom is -0.508 e. The fraction of sp³-hybridized carbons (Fsp3) is 0.600. The third-order valence-corrected chi connectivity index (χ3v) is 3.04. The molecule has 0 aliphatic carbocycles. The van der Waals surface area contributed by atoms with Gasteiger partial charge < -0.3 is 5.11 Å². The summed E-state index contributed by atoms with van der Waals surface area (Å²) in [5.74, 6) is 0.452. The number of aryl methyl sites for hydroxylation is 1. The van der Waals surface area contributed by atoms with Crippen LogP contribution in [0, 0.1) is 0 Å². The van der Waals surface area contributed by atoms with Crippen molar-refractivity contribution < 1.29 is 22.2 Å². The molecule has 0 heterocycles. The van der Waals surface area contributed by atoms with Gasteiger partial charge >= 0.3 is 0 Å². The molecule has 0 aromatic heterocycles. The van der Waals surface area contributed by atoms with Crippen molar-refractivity contribution in [2.75, 3.05) is 0 Å². The Morgan fingerprint density at radius 2 is 1.44 bits per heavy atom. The van der Waals surface area contributed by atoms with Gasteiger partial charge in [-0.1, -0.05) is 63.6 Å². The number of phenolic OH excluding ortho intramolecular Hbond substituents is 1. The molecule has 1 rings (SSSR count). The molecule has 18 heavy (non-hydrogen) atoms. The molecule has 1 nitrogen and oxygen atoms in total. The maximum atomic E-state index is 9.58. The Morgan fingerprint density at radius 1 is 0.889 bits per heavy atom. The predicted molar refractivity (Wildman–Crippen MR) is 80.2 cm³/mol. The minimum atomic E-state index is 0. The average Bonchev–Trinajstić information content (AvgIpc) is 2.30. The molecule has 0 spiro atoms. The fourth-order valence-electron chi connectivity index (χ4n) is 1.99. The van der Waals surface area contributed by atoms with E-state index >= 15 is 0 Å². The number of para-hydroxylation sites is 1. The normalized spacial score (nSPS) is 9.39. The molecule has 109 valence electrons. The molecule has 1 aromatic rings. The molecule has 0 amide bonds. The standard InChI is InChI=1S/C15H24O.Cu.H2S/c1-2-3-4-5-6-7-8-11-14-12-9-10-13-15(14)16;;/h9-10,12-13,16H,2-8,11H2,1H3;;1H2. The first kappa shape index (κ1) is 20.2. The Labute approximate surface area is 129 Å². The molecule has 0 saturated heterocycles. The van der Waals surface area contributed by atoms with Crippen LogP contribution < -0.4 is 0 Å². The second kappa shape index (κ2) is 13.3. The van der Waals surface area contributed by atoms with Crippen molar-refractivity contribution >= 4 is 13.5 Å². The van der Waals surface area contributed by atoms with Crippen LogP contribution in [0.15, 0.2) is 24.3 Å². The zero-order valence-electron chi connectivity index (χ0n) is 11.2. The van der Waals surface area contributed by atoms with Gasteiger partial charge in [-0.3, -0.25) is 0 Å². The Morgan fingerprint density at radius 3 is 2.06 bits per heavy atom. The monoisotopic (exact) mass is 317 g/mol. The Kier molecular flexibility index (Phi) is 15.0. The van der Waals surface area contributed by atoms with Gasteiger partial charge in [-0.25, -0.2) is 0 Å². The van der Waals surface area contributed by atoms with Crippen molar-refractivity contribution in [2.45, 2.75) is 58.3 Å².